The Hall–Kier alpha value is -4.32. The van der Waals surface area contributed by atoms with Crippen molar-refractivity contribution >= 4 is 27.0 Å². The number of nitro benzene ring substituents is 1. The lowest BCUT2D eigenvalue weighted by Gasteiger charge is -2.23. The second-order valence-corrected chi connectivity index (χ2v) is 11.8. The van der Waals surface area contributed by atoms with Gasteiger partial charge in [-0.25, -0.2) is 13.4 Å². The highest BCUT2D eigenvalue weighted by Gasteiger charge is 2.26. The molecule has 5 rings (SSSR count). The van der Waals surface area contributed by atoms with Crippen LogP contribution in [0.4, 0.5) is 5.69 Å². The highest BCUT2D eigenvalue weighted by Crippen LogP contribution is 2.27. The van der Waals surface area contributed by atoms with Gasteiger partial charge in [0.25, 0.3) is 5.69 Å². The van der Waals surface area contributed by atoms with Gasteiger partial charge < -0.3 is 9.30 Å². The molecule has 0 amide bonds. The summed E-state index contributed by atoms with van der Waals surface area (Å²) in [5, 5.41) is 14.0. The van der Waals surface area contributed by atoms with Gasteiger partial charge in [-0.05, 0) is 54.1 Å². The SMILES string of the molecule is COc1ccc(-c2nc(Cn3cccc3CN(Cc3ccccc3)S(=O)(=O)c3ccc([N+](=O)[O-])cc3)cs2)cc1. The van der Waals surface area contributed by atoms with Crippen molar-refractivity contribution in [2.24, 2.45) is 0 Å². The van der Waals surface area contributed by atoms with E-state index in [-0.39, 0.29) is 23.7 Å². The third-order valence-corrected chi connectivity index (χ3v) is 9.12. The van der Waals surface area contributed by atoms with Crippen LogP contribution < -0.4 is 4.74 Å². The summed E-state index contributed by atoms with van der Waals surface area (Å²) >= 11 is 1.54. The summed E-state index contributed by atoms with van der Waals surface area (Å²) in [7, 11) is -2.34. The van der Waals surface area contributed by atoms with Gasteiger partial charge in [-0.3, -0.25) is 10.1 Å². The Kier molecular flexibility index (Phi) is 8.06. The lowest BCUT2D eigenvalue weighted by molar-refractivity contribution is -0.384. The molecule has 0 N–H and O–H groups in total. The number of aromatic nitrogens is 2. The zero-order chi connectivity index (χ0) is 28.1. The zero-order valence-electron chi connectivity index (χ0n) is 21.6. The molecule has 0 unspecified atom stereocenters. The first-order chi connectivity index (χ1) is 19.3. The molecule has 0 bridgehead atoms. The highest BCUT2D eigenvalue weighted by molar-refractivity contribution is 7.89. The van der Waals surface area contributed by atoms with Crippen LogP contribution in [0.1, 0.15) is 17.0 Å². The molecule has 0 spiro atoms. The molecule has 0 saturated heterocycles. The maximum absolute atomic E-state index is 13.7. The molecule has 0 radical (unpaired) electrons. The topological polar surface area (TPSA) is 108 Å². The van der Waals surface area contributed by atoms with E-state index in [0.29, 0.717) is 6.54 Å². The lowest BCUT2D eigenvalue weighted by Crippen LogP contribution is -2.31. The van der Waals surface area contributed by atoms with E-state index in [2.05, 4.69) is 0 Å². The number of sulfonamides is 1. The van der Waals surface area contributed by atoms with Gasteiger partial charge in [0.1, 0.15) is 10.8 Å². The van der Waals surface area contributed by atoms with Crippen LogP contribution in [0.3, 0.4) is 0 Å². The van der Waals surface area contributed by atoms with Crippen molar-refractivity contribution in [1.82, 2.24) is 13.9 Å². The Bertz CT molecular complexity index is 1700. The van der Waals surface area contributed by atoms with Gasteiger partial charge >= 0.3 is 0 Å². The van der Waals surface area contributed by atoms with Crippen LogP contribution in [0, 0.1) is 10.1 Å². The molecule has 9 nitrogen and oxygen atoms in total. The third kappa shape index (κ3) is 6.12. The fourth-order valence-electron chi connectivity index (χ4n) is 4.25. The van der Waals surface area contributed by atoms with Crippen molar-refractivity contribution < 1.29 is 18.1 Å². The van der Waals surface area contributed by atoms with Crippen molar-refractivity contribution in [2.75, 3.05) is 7.11 Å². The van der Waals surface area contributed by atoms with Gasteiger partial charge in [-0.2, -0.15) is 4.31 Å². The molecule has 2 heterocycles. The monoisotopic (exact) mass is 574 g/mol. The third-order valence-electron chi connectivity index (χ3n) is 6.37. The molecule has 0 aliphatic carbocycles. The van der Waals surface area contributed by atoms with E-state index in [4.69, 9.17) is 9.72 Å². The number of thiazole rings is 1. The number of benzene rings is 3. The molecular formula is C29H26N4O5S2. The minimum atomic E-state index is -3.97. The van der Waals surface area contributed by atoms with E-state index in [9.17, 15) is 18.5 Å². The van der Waals surface area contributed by atoms with Gasteiger partial charge in [0, 0.05) is 41.5 Å². The van der Waals surface area contributed by atoms with Crippen LogP contribution in [-0.4, -0.2) is 34.3 Å². The molecule has 0 aliphatic rings. The Balaban J connectivity index is 1.40. The van der Waals surface area contributed by atoms with E-state index in [0.717, 1.165) is 33.3 Å². The summed E-state index contributed by atoms with van der Waals surface area (Å²) in [6, 6.07) is 25.8. The second kappa shape index (κ2) is 11.8. The predicted octanol–water partition coefficient (Wildman–Crippen LogP) is 5.97. The second-order valence-electron chi connectivity index (χ2n) is 9.01. The fourth-order valence-corrected chi connectivity index (χ4v) is 6.47. The van der Waals surface area contributed by atoms with E-state index < -0.39 is 14.9 Å². The minimum absolute atomic E-state index is 0.00391. The van der Waals surface area contributed by atoms with Crippen molar-refractivity contribution in [3.05, 3.63) is 130 Å². The number of non-ortho nitro benzene ring substituents is 1. The van der Waals surface area contributed by atoms with Gasteiger partial charge in [-0.1, -0.05) is 30.3 Å². The molecule has 2 aromatic heterocycles. The largest absolute Gasteiger partial charge is 0.497 e. The molecule has 5 aromatic rings. The Labute approximate surface area is 236 Å². The standard InChI is InChI=1S/C29H26N4O5S2/c1-38-27-13-9-23(10-14-27)29-30-24(21-39-29)19-31-17-5-8-26(31)20-32(18-22-6-3-2-4-7-22)40(36,37)28-15-11-25(12-16-28)33(34)35/h2-17,21H,18-20H2,1H3. The molecule has 11 heteroatoms. The molecular weight excluding hydrogens is 548 g/mol. The summed E-state index contributed by atoms with van der Waals surface area (Å²) in [4.78, 5) is 15.3. The Morgan fingerprint density at radius 2 is 1.68 bits per heavy atom. The normalized spacial score (nSPS) is 11.6. The van der Waals surface area contributed by atoms with Crippen molar-refractivity contribution in [1.29, 1.82) is 0 Å². The first-order valence-corrected chi connectivity index (χ1v) is 14.7. The lowest BCUT2D eigenvalue weighted by atomic mass is 10.2. The van der Waals surface area contributed by atoms with Gasteiger partial charge in [0.2, 0.25) is 10.0 Å². The van der Waals surface area contributed by atoms with Crippen LogP contribution >= 0.6 is 11.3 Å². The van der Waals surface area contributed by atoms with E-state index in [1.165, 1.54) is 28.6 Å². The van der Waals surface area contributed by atoms with Gasteiger partial charge in [0.15, 0.2) is 0 Å². The van der Waals surface area contributed by atoms with Crippen LogP contribution in [-0.2, 0) is 29.7 Å². The number of hydrogen-bond acceptors (Lipinski definition) is 7. The summed E-state index contributed by atoms with van der Waals surface area (Å²) in [6.45, 7) is 0.728. The maximum Gasteiger partial charge on any atom is 0.269 e. The van der Waals surface area contributed by atoms with E-state index in [1.807, 2.05) is 82.9 Å². The predicted molar refractivity (Wildman–Crippen MR) is 154 cm³/mol. The summed E-state index contributed by atoms with van der Waals surface area (Å²) in [5.74, 6) is 0.779. The first-order valence-electron chi connectivity index (χ1n) is 12.3. The Morgan fingerprint density at radius 1 is 0.950 bits per heavy atom. The molecule has 204 valence electrons. The number of nitro groups is 1. The van der Waals surface area contributed by atoms with Crippen LogP contribution in [0.2, 0.25) is 0 Å². The van der Waals surface area contributed by atoms with Crippen molar-refractivity contribution in [3.8, 4) is 16.3 Å². The number of nitrogens with zero attached hydrogens (tertiary/aromatic N) is 4. The number of rotatable bonds is 11. The number of hydrogen-bond donors (Lipinski definition) is 0. The van der Waals surface area contributed by atoms with Gasteiger partial charge in [0.05, 0.1) is 35.7 Å². The summed E-state index contributed by atoms with van der Waals surface area (Å²) in [6.07, 6.45) is 1.90. The zero-order valence-corrected chi connectivity index (χ0v) is 23.2. The number of methoxy groups -OCH3 is 1. The van der Waals surface area contributed by atoms with Crippen molar-refractivity contribution in [2.45, 2.75) is 24.5 Å². The summed E-state index contributed by atoms with van der Waals surface area (Å²) in [5.41, 5.74) is 3.31. The van der Waals surface area contributed by atoms with Crippen molar-refractivity contribution in [3.63, 3.8) is 0 Å². The molecule has 0 saturated carbocycles. The molecule has 0 atom stereocenters. The minimum Gasteiger partial charge on any atom is -0.497 e. The van der Waals surface area contributed by atoms with Crippen LogP contribution in [0.15, 0.2) is 107 Å². The first kappa shape index (κ1) is 27.3. The molecule has 3 aromatic carbocycles. The quantitative estimate of drug-likeness (QED) is 0.142. The average molecular weight is 575 g/mol. The smallest absolute Gasteiger partial charge is 0.269 e. The van der Waals surface area contributed by atoms with E-state index >= 15 is 0 Å². The average Bonchev–Trinajstić information content (AvgIpc) is 3.63. The molecule has 0 fully saturated rings. The fraction of sp³-hybridized carbons (Fsp3) is 0.138. The van der Waals surface area contributed by atoms with Crippen LogP contribution in [0.25, 0.3) is 10.6 Å². The Morgan fingerprint density at radius 3 is 2.35 bits per heavy atom. The molecule has 0 aliphatic heterocycles. The van der Waals surface area contributed by atoms with E-state index in [1.54, 1.807) is 18.4 Å². The van der Waals surface area contributed by atoms with Crippen LogP contribution in [0.5, 0.6) is 5.75 Å². The van der Waals surface area contributed by atoms with Gasteiger partial charge in [-0.15, -0.1) is 11.3 Å². The highest BCUT2D eigenvalue weighted by atomic mass is 32.2. The maximum atomic E-state index is 13.7. The number of ether oxygens (including phenoxy) is 1. The summed E-state index contributed by atoms with van der Waals surface area (Å²) < 4.78 is 36.1. The molecule has 40 heavy (non-hydrogen) atoms.